The van der Waals surface area contributed by atoms with Crippen LogP contribution in [0.2, 0.25) is 0 Å². The van der Waals surface area contributed by atoms with Gasteiger partial charge in [0.15, 0.2) is 0 Å². The minimum Gasteiger partial charge on any atom is -0.421 e. The van der Waals surface area contributed by atoms with Crippen LogP contribution in [0.3, 0.4) is 0 Å². The molecule has 0 aliphatic carbocycles. The van der Waals surface area contributed by atoms with E-state index in [0.717, 1.165) is 12.1 Å². The normalized spacial score (nSPS) is 9.80. The molecule has 0 aromatic carbocycles. The minimum absolute atomic E-state index is 0.963. The first-order chi connectivity index (χ1) is 4.86. The Hall–Kier alpha value is -0.765. The zero-order valence-electron chi connectivity index (χ0n) is 6.24. The number of hydrogen-bond donors (Lipinski definition) is 0. The first-order valence-corrected chi connectivity index (χ1v) is 3.25. The molecule has 0 amide bonds. The third kappa shape index (κ3) is 1.61. The molecule has 0 atom stereocenters. The van der Waals surface area contributed by atoms with Gasteiger partial charge in [0.1, 0.15) is 0 Å². The molecule has 0 bridgehead atoms. The van der Waals surface area contributed by atoms with Crippen LogP contribution in [0.1, 0.15) is 12.6 Å². The molecule has 0 fully saturated rings. The highest BCUT2D eigenvalue weighted by Crippen LogP contribution is 1.93. The molecule has 1 aromatic heterocycles. The van der Waals surface area contributed by atoms with E-state index in [1.54, 1.807) is 25.5 Å². The van der Waals surface area contributed by atoms with Crippen molar-refractivity contribution in [1.29, 1.82) is 0 Å². The fraction of sp³-hybridized carbons (Fsp3) is 0.500. The van der Waals surface area contributed by atoms with Gasteiger partial charge < -0.3 is 9.13 Å². The number of hydrogen-bond acceptors (Lipinski definition) is 2. The summed E-state index contributed by atoms with van der Waals surface area (Å²) in [5.41, 5.74) is 1.08. The van der Waals surface area contributed by atoms with Gasteiger partial charge in [-0.05, 0) is 6.42 Å². The Kier molecular flexibility index (Phi) is 2.51. The molecule has 1 radical (unpaired) electrons. The smallest absolute Gasteiger partial charge is 0.421 e. The minimum atomic E-state index is 0.963. The third-order valence-electron chi connectivity index (χ3n) is 1.24. The van der Waals surface area contributed by atoms with Crippen molar-refractivity contribution < 1.29 is 4.65 Å². The van der Waals surface area contributed by atoms with Crippen LogP contribution in [0.15, 0.2) is 12.5 Å². The highest BCUT2D eigenvalue weighted by molar-refractivity contribution is 6.24. The molecule has 1 rings (SSSR count). The maximum absolute atomic E-state index is 4.78. The fourth-order valence-electron chi connectivity index (χ4n) is 0.742. The van der Waals surface area contributed by atoms with Crippen LogP contribution < -0.4 is 0 Å². The van der Waals surface area contributed by atoms with E-state index in [2.05, 4.69) is 11.9 Å². The van der Waals surface area contributed by atoms with Crippen LogP contribution in [0, 0.1) is 0 Å². The van der Waals surface area contributed by atoms with Gasteiger partial charge in [-0.15, -0.1) is 0 Å². The molecule has 10 heavy (non-hydrogen) atoms. The Morgan fingerprint density at radius 3 is 3.10 bits per heavy atom. The van der Waals surface area contributed by atoms with Crippen LogP contribution in [0.5, 0.6) is 0 Å². The fourth-order valence-corrected chi connectivity index (χ4v) is 0.742. The van der Waals surface area contributed by atoms with Gasteiger partial charge in [-0.25, -0.2) is 4.98 Å². The molecule has 0 saturated heterocycles. The summed E-state index contributed by atoms with van der Waals surface area (Å²) in [7, 11) is 3.22. The van der Waals surface area contributed by atoms with Crippen molar-refractivity contribution in [2.45, 2.75) is 13.3 Å². The highest BCUT2D eigenvalue weighted by Gasteiger charge is 1.96. The molecule has 0 saturated carbocycles. The topological polar surface area (TPSA) is 27.1 Å². The van der Waals surface area contributed by atoms with Crippen LogP contribution in [-0.4, -0.2) is 24.2 Å². The number of aryl methyl sites for hydroxylation is 1. The molecule has 4 heteroatoms. The van der Waals surface area contributed by atoms with Crippen molar-refractivity contribution >= 4 is 7.62 Å². The lowest BCUT2D eigenvalue weighted by atomic mass is 10.3. The summed E-state index contributed by atoms with van der Waals surface area (Å²) in [6.07, 6.45) is 4.62. The molecule has 53 valence electrons. The first-order valence-electron chi connectivity index (χ1n) is 3.25. The SMILES string of the molecule is CCc1cn([B]OC)cn1. The van der Waals surface area contributed by atoms with Gasteiger partial charge in [0.25, 0.3) is 0 Å². The second-order valence-corrected chi connectivity index (χ2v) is 2.01. The van der Waals surface area contributed by atoms with Crippen LogP contribution >= 0.6 is 0 Å². The van der Waals surface area contributed by atoms with Gasteiger partial charge >= 0.3 is 7.62 Å². The lowest BCUT2D eigenvalue weighted by Crippen LogP contribution is -2.05. The third-order valence-corrected chi connectivity index (χ3v) is 1.24. The summed E-state index contributed by atoms with van der Waals surface area (Å²) < 4.78 is 6.57. The predicted octanol–water partition coefficient (Wildman–Crippen LogP) is 0.474. The largest absolute Gasteiger partial charge is 0.444 e. The molecule has 3 nitrogen and oxygen atoms in total. The van der Waals surface area contributed by atoms with Gasteiger partial charge in [0.2, 0.25) is 0 Å². The maximum atomic E-state index is 4.78. The van der Waals surface area contributed by atoms with E-state index in [-0.39, 0.29) is 0 Å². The summed E-state index contributed by atoms with van der Waals surface area (Å²) >= 11 is 0. The van der Waals surface area contributed by atoms with Crippen LogP contribution in [0.4, 0.5) is 0 Å². The standard InChI is InChI=1S/C6H10BN2O/c1-3-6-4-9(5-8-6)7-10-2/h4-5H,3H2,1-2H3. The predicted molar refractivity (Wildman–Crippen MR) is 39.8 cm³/mol. The monoisotopic (exact) mass is 137 g/mol. The van der Waals surface area contributed by atoms with Gasteiger partial charge in [0.05, 0.1) is 12.0 Å². The molecule has 0 spiro atoms. The van der Waals surface area contributed by atoms with Crippen LogP contribution in [0.25, 0.3) is 0 Å². The van der Waals surface area contributed by atoms with Crippen molar-refractivity contribution in [1.82, 2.24) is 9.46 Å². The molecule has 1 heterocycles. The molecule has 0 aliphatic rings. The average molecular weight is 137 g/mol. The van der Waals surface area contributed by atoms with Gasteiger partial charge in [-0.3, -0.25) is 0 Å². The molecule has 0 aliphatic heterocycles. The summed E-state index contributed by atoms with van der Waals surface area (Å²) in [5.74, 6) is 0. The first kappa shape index (κ1) is 7.34. The van der Waals surface area contributed by atoms with Crippen molar-refractivity contribution in [2.24, 2.45) is 0 Å². The Balaban J connectivity index is 2.59. The van der Waals surface area contributed by atoms with E-state index < -0.39 is 0 Å². The van der Waals surface area contributed by atoms with Gasteiger partial charge in [0, 0.05) is 13.3 Å². The van der Waals surface area contributed by atoms with E-state index >= 15 is 0 Å². The lowest BCUT2D eigenvalue weighted by Gasteiger charge is -1.92. The van der Waals surface area contributed by atoms with Gasteiger partial charge in [-0.2, -0.15) is 0 Å². The zero-order valence-corrected chi connectivity index (χ0v) is 6.24. The van der Waals surface area contributed by atoms with Crippen molar-refractivity contribution in [3.05, 3.63) is 18.2 Å². The molecular formula is C6H10BN2O. The van der Waals surface area contributed by atoms with Crippen LogP contribution in [-0.2, 0) is 11.1 Å². The number of rotatable bonds is 3. The lowest BCUT2D eigenvalue weighted by molar-refractivity contribution is 0.434. The highest BCUT2D eigenvalue weighted by atomic mass is 16.4. The quantitative estimate of drug-likeness (QED) is 0.566. The second-order valence-electron chi connectivity index (χ2n) is 2.01. The Morgan fingerprint density at radius 2 is 2.60 bits per heavy atom. The Bertz CT molecular complexity index is 199. The van der Waals surface area contributed by atoms with Crippen molar-refractivity contribution in [3.63, 3.8) is 0 Å². The summed E-state index contributed by atoms with van der Waals surface area (Å²) in [6, 6.07) is 0. The van der Waals surface area contributed by atoms with E-state index in [1.165, 1.54) is 0 Å². The summed E-state index contributed by atoms with van der Waals surface area (Å²) in [6.45, 7) is 2.07. The molecule has 1 aromatic rings. The summed E-state index contributed by atoms with van der Waals surface area (Å²) in [4.78, 5) is 4.11. The zero-order chi connectivity index (χ0) is 7.40. The number of nitrogens with zero attached hydrogens (tertiary/aromatic N) is 2. The molecule has 0 N–H and O–H groups in total. The van der Waals surface area contributed by atoms with Crippen molar-refractivity contribution in [3.8, 4) is 0 Å². The Morgan fingerprint density at radius 1 is 1.80 bits per heavy atom. The number of imidazole rings is 1. The van der Waals surface area contributed by atoms with E-state index in [4.69, 9.17) is 4.65 Å². The number of aromatic nitrogens is 2. The molecule has 0 unspecified atom stereocenters. The second kappa shape index (κ2) is 3.41. The van der Waals surface area contributed by atoms with Crippen molar-refractivity contribution in [2.75, 3.05) is 7.11 Å². The van der Waals surface area contributed by atoms with E-state index in [9.17, 15) is 0 Å². The maximum Gasteiger partial charge on any atom is 0.444 e. The summed E-state index contributed by atoms with van der Waals surface area (Å²) in [5, 5.41) is 0. The average Bonchev–Trinajstić information content (AvgIpc) is 2.37. The molecular weight excluding hydrogens is 127 g/mol. The Labute approximate surface area is 61.3 Å². The van der Waals surface area contributed by atoms with E-state index in [1.807, 2.05) is 6.20 Å². The van der Waals surface area contributed by atoms with Gasteiger partial charge in [-0.1, -0.05) is 6.92 Å². The van der Waals surface area contributed by atoms with E-state index in [0.29, 0.717) is 0 Å².